The summed E-state index contributed by atoms with van der Waals surface area (Å²) in [6.45, 7) is 5.83. The van der Waals surface area contributed by atoms with Crippen molar-refractivity contribution in [3.8, 4) is 0 Å². The molecular weight excluding hydrogens is 611 g/mol. The SMILES string of the molecule is CCCCCc1cccc(C[C@@H]2CN=C(N)N[C@]23CCCC2=C4C[C@@H]5C[C@H](CO)[C@@H](CCCO)[C@]4(CC2=O)[C@@]5(C)CCSSC3)c1. The minimum atomic E-state index is -0.176. The summed E-state index contributed by atoms with van der Waals surface area (Å²) in [6.07, 6.45) is 14.0. The Bertz CT molecular complexity index is 1320. The lowest BCUT2D eigenvalue weighted by Gasteiger charge is -2.57. The third kappa shape index (κ3) is 6.22. The van der Waals surface area contributed by atoms with E-state index in [2.05, 4.69) is 43.4 Å². The topological polar surface area (TPSA) is 108 Å². The number of hydrogen-bond donors (Lipinski definition) is 4. The molecule has 5 N–H and O–H groups in total. The summed E-state index contributed by atoms with van der Waals surface area (Å²) in [7, 11) is 3.99. The standard InChI is InChI=1S/C38H57N3O3S2/c1-3-4-5-9-26-10-6-11-27(18-26)19-30-23-40-35(39)41-37(30)14-7-12-31-33-21-29-20-28(24-43)32(13-8-16-42)38(33,22-34(31)44)36(29,2)15-17-45-46-25-37/h6,10-11,18,28-30,32,42-43H,3-5,7-9,12-17,19-25H2,1-2H3,(H3,39,40,41)/t28-,29+,30-,32-,36+,37+,38+/m1/s1. The van der Waals surface area contributed by atoms with Gasteiger partial charge in [-0.1, -0.05) is 78.1 Å². The number of guanidine groups is 1. The highest BCUT2D eigenvalue weighted by molar-refractivity contribution is 8.76. The molecule has 2 aliphatic heterocycles. The van der Waals surface area contributed by atoms with Gasteiger partial charge in [-0.25, -0.2) is 0 Å². The summed E-state index contributed by atoms with van der Waals surface area (Å²) in [4.78, 5) is 18.8. The molecule has 6 rings (SSSR count). The Morgan fingerprint density at radius 2 is 1.98 bits per heavy atom. The maximum absolute atomic E-state index is 14.1. The molecule has 1 aromatic carbocycles. The number of rotatable bonds is 10. The monoisotopic (exact) mass is 667 g/mol. The summed E-state index contributed by atoms with van der Waals surface area (Å²) in [5.74, 6) is 4.25. The van der Waals surface area contributed by atoms with Crippen LogP contribution in [0.5, 0.6) is 0 Å². The van der Waals surface area contributed by atoms with Gasteiger partial charge in [-0.05, 0) is 110 Å². The molecule has 1 aromatic rings. The first-order chi connectivity index (χ1) is 22.3. The Morgan fingerprint density at radius 3 is 2.78 bits per heavy atom. The molecule has 5 bridgehead atoms. The van der Waals surface area contributed by atoms with E-state index in [1.165, 1.54) is 36.0 Å². The van der Waals surface area contributed by atoms with E-state index in [4.69, 9.17) is 10.7 Å². The van der Waals surface area contributed by atoms with Crippen LogP contribution in [0, 0.1) is 34.5 Å². The fourth-order valence-electron chi connectivity index (χ4n) is 10.7. The van der Waals surface area contributed by atoms with Gasteiger partial charge in [0, 0.05) is 49.0 Å². The Morgan fingerprint density at radius 1 is 1.13 bits per heavy atom. The van der Waals surface area contributed by atoms with Crippen molar-refractivity contribution < 1.29 is 15.0 Å². The van der Waals surface area contributed by atoms with Crippen molar-refractivity contribution >= 4 is 33.3 Å². The lowest BCUT2D eigenvalue weighted by atomic mass is 9.47. The van der Waals surface area contributed by atoms with Crippen molar-refractivity contribution in [1.82, 2.24) is 5.32 Å². The normalized spacial score (nSPS) is 36.2. The van der Waals surface area contributed by atoms with E-state index < -0.39 is 0 Å². The van der Waals surface area contributed by atoms with Crippen LogP contribution in [0.4, 0.5) is 0 Å². The number of nitrogens with two attached hydrogens (primary N) is 1. The van der Waals surface area contributed by atoms with Crippen LogP contribution in [0.1, 0.15) is 102 Å². The molecular formula is C38H57N3O3S2. The minimum absolute atomic E-state index is 0.0513. The van der Waals surface area contributed by atoms with Gasteiger partial charge in [0.2, 0.25) is 0 Å². The predicted molar refractivity (Wildman–Crippen MR) is 193 cm³/mol. The van der Waals surface area contributed by atoms with Gasteiger partial charge in [0.1, 0.15) is 0 Å². The molecule has 46 heavy (non-hydrogen) atoms. The zero-order valence-electron chi connectivity index (χ0n) is 28.2. The highest BCUT2D eigenvalue weighted by Crippen LogP contribution is 2.75. The molecule has 3 aliphatic carbocycles. The van der Waals surface area contributed by atoms with E-state index >= 15 is 0 Å². The lowest BCUT2D eigenvalue weighted by Crippen LogP contribution is -2.61. The number of carbonyl (C=O) groups excluding carboxylic acids is 1. The maximum atomic E-state index is 14.1. The van der Waals surface area contributed by atoms with Gasteiger partial charge in [-0.3, -0.25) is 9.79 Å². The largest absolute Gasteiger partial charge is 0.396 e. The highest BCUT2D eigenvalue weighted by Gasteiger charge is 2.69. The molecule has 8 heteroatoms. The van der Waals surface area contributed by atoms with Crippen LogP contribution in [0.2, 0.25) is 0 Å². The molecule has 0 aromatic heterocycles. The molecule has 6 nitrogen and oxygen atoms in total. The van der Waals surface area contributed by atoms with E-state index in [9.17, 15) is 15.0 Å². The highest BCUT2D eigenvalue weighted by atomic mass is 33.1. The summed E-state index contributed by atoms with van der Waals surface area (Å²) >= 11 is 0. The van der Waals surface area contributed by atoms with Crippen LogP contribution in [0.15, 0.2) is 40.4 Å². The molecule has 0 amide bonds. The molecule has 5 aliphatic rings. The van der Waals surface area contributed by atoms with Crippen molar-refractivity contribution in [1.29, 1.82) is 0 Å². The summed E-state index contributed by atoms with van der Waals surface area (Å²) in [5, 5.41) is 24.1. The molecule has 2 saturated carbocycles. The quantitative estimate of drug-likeness (QED) is 0.159. The smallest absolute Gasteiger partial charge is 0.189 e. The predicted octanol–water partition coefficient (Wildman–Crippen LogP) is 6.87. The van der Waals surface area contributed by atoms with Gasteiger partial charge < -0.3 is 21.3 Å². The Kier molecular flexibility index (Phi) is 10.9. The van der Waals surface area contributed by atoms with Gasteiger partial charge in [-0.15, -0.1) is 0 Å². The second kappa shape index (κ2) is 14.6. The van der Waals surface area contributed by atoms with Gasteiger partial charge in [-0.2, -0.15) is 0 Å². The number of allylic oxidation sites excluding steroid dienone is 2. The van der Waals surface area contributed by atoms with E-state index in [1.54, 1.807) is 0 Å². The number of nitrogens with zero attached hydrogens (tertiary/aromatic N) is 1. The number of hydrogen-bond acceptors (Lipinski definition) is 8. The molecule has 2 fully saturated rings. The number of aryl methyl sites for hydroxylation is 1. The van der Waals surface area contributed by atoms with Crippen LogP contribution in [-0.4, -0.2) is 58.8 Å². The van der Waals surface area contributed by atoms with Crippen LogP contribution in [0.3, 0.4) is 0 Å². The van der Waals surface area contributed by atoms with E-state index in [0.29, 0.717) is 30.0 Å². The number of unbranched alkanes of at least 4 members (excludes halogenated alkanes) is 2. The van der Waals surface area contributed by atoms with Gasteiger partial charge in [0.25, 0.3) is 0 Å². The molecule has 254 valence electrons. The molecule has 0 unspecified atom stereocenters. The first kappa shape index (κ1) is 34.4. The van der Waals surface area contributed by atoms with Crippen molar-refractivity contribution in [2.45, 2.75) is 109 Å². The zero-order chi connectivity index (χ0) is 32.4. The number of Topliss-reactive ketones (excluding diaryl/α,β-unsaturated/α-hetero) is 1. The van der Waals surface area contributed by atoms with E-state index in [-0.39, 0.29) is 41.4 Å². The maximum Gasteiger partial charge on any atom is 0.189 e. The molecule has 2 spiro atoms. The third-order valence-electron chi connectivity index (χ3n) is 13.1. The number of nitrogens with one attached hydrogen (secondary N) is 1. The summed E-state index contributed by atoms with van der Waals surface area (Å²) in [6, 6.07) is 9.20. The van der Waals surface area contributed by atoms with Crippen LogP contribution < -0.4 is 11.1 Å². The number of aliphatic hydroxyl groups excluding tert-OH is 2. The zero-order valence-corrected chi connectivity index (χ0v) is 29.8. The van der Waals surface area contributed by atoms with Crippen molar-refractivity contribution in [2.75, 3.05) is 31.3 Å². The third-order valence-corrected chi connectivity index (χ3v) is 15.6. The van der Waals surface area contributed by atoms with E-state index in [1.807, 2.05) is 21.6 Å². The number of aliphatic imine (C=N–C) groups is 1. The fraction of sp³-hybridized carbons (Fsp3) is 0.737. The number of aliphatic hydroxyl groups is 2. The average Bonchev–Trinajstić information content (AvgIpc) is 3.38. The Labute approximate surface area is 285 Å². The minimum Gasteiger partial charge on any atom is -0.396 e. The fourth-order valence-corrected chi connectivity index (χ4v) is 13.6. The first-order valence-electron chi connectivity index (χ1n) is 18.2. The molecule has 0 saturated heterocycles. The van der Waals surface area contributed by atoms with Crippen molar-refractivity contribution in [2.24, 2.45) is 45.2 Å². The van der Waals surface area contributed by atoms with Crippen LogP contribution in [0.25, 0.3) is 0 Å². The Hall–Kier alpha value is -1.48. The van der Waals surface area contributed by atoms with Crippen LogP contribution in [-0.2, 0) is 17.6 Å². The molecule has 0 radical (unpaired) electrons. The molecule has 2 heterocycles. The average molecular weight is 668 g/mol. The second-order valence-electron chi connectivity index (χ2n) is 15.4. The van der Waals surface area contributed by atoms with Crippen molar-refractivity contribution in [3.05, 3.63) is 46.5 Å². The summed E-state index contributed by atoms with van der Waals surface area (Å²) < 4.78 is 0. The van der Waals surface area contributed by atoms with Gasteiger partial charge in [0.15, 0.2) is 11.7 Å². The Balaban J connectivity index is 1.29. The number of benzene rings is 1. The number of ketones is 1. The van der Waals surface area contributed by atoms with Gasteiger partial charge >= 0.3 is 0 Å². The first-order valence-corrected chi connectivity index (χ1v) is 20.7. The second-order valence-corrected chi connectivity index (χ2v) is 18.0. The van der Waals surface area contributed by atoms with Gasteiger partial charge in [0.05, 0.1) is 5.54 Å². The molecule has 7 atom stereocenters. The summed E-state index contributed by atoms with van der Waals surface area (Å²) in [5.41, 5.74) is 11.5. The lowest BCUT2D eigenvalue weighted by molar-refractivity contribution is -0.125. The number of carbonyl (C=O) groups is 1. The van der Waals surface area contributed by atoms with Crippen LogP contribution >= 0.6 is 21.6 Å². The van der Waals surface area contributed by atoms with Crippen molar-refractivity contribution in [3.63, 3.8) is 0 Å². The van der Waals surface area contributed by atoms with E-state index in [0.717, 1.165) is 87.8 Å².